The first-order valence-electron chi connectivity index (χ1n) is 6.86. The average Bonchev–Trinajstić information content (AvgIpc) is 2.75. The van der Waals surface area contributed by atoms with Gasteiger partial charge in [-0.15, -0.1) is 0 Å². The van der Waals surface area contributed by atoms with Crippen LogP contribution in [0.2, 0.25) is 0 Å². The van der Waals surface area contributed by atoms with Crippen LogP contribution in [0.25, 0.3) is 6.08 Å². The monoisotopic (exact) mass is 320 g/mol. The molecular weight excluding hydrogens is 304 g/mol. The lowest BCUT2D eigenvalue weighted by Crippen LogP contribution is -2.35. The van der Waals surface area contributed by atoms with E-state index in [4.69, 9.17) is 4.74 Å². The van der Waals surface area contributed by atoms with Crippen LogP contribution >= 0.6 is 11.8 Å². The van der Waals surface area contributed by atoms with Gasteiger partial charge in [0.1, 0.15) is 6.54 Å². The SMILES string of the molecule is CC[C@@H](C)OC(=O)CN1C(=O)S/C(=C/c2ccncc2)C1=O. The van der Waals surface area contributed by atoms with Gasteiger partial charge in [-0.25, -0.2) is 0 Å². The van der Waals surface area contributed by atoms with E-state index in [-0.39, 0.29) is 17.6 Å². The molecule has 1 fully saturated rings. The molecule has 22 heavy (non-hydrogen) atoms. The number of nitrogens with zero attached hydrogens (tertiary/aromatic N) is 2. The molecule has 1 aliphatic rings. The van der Waals surface area contributed by atoms with Crippen molar-refractivity contribution in [2.75, 3.05) is 6.54 Å². The zero-order valence-electron chi connectivity index (χ0n) is 12.3. The van der Waals surface area contributed by atoms with E-state index in [1.807, 2.05) is 6.92 Å². The molecule has 0 unspecified atom stereocenters. The summed E-state index contributed by atoms with van der Waals surface area (Å²) in [6.45, 7) is 3.28. The molecule has 2 heterocycles. The van der Waals surface area contributed by atoms with Crippen molar-refractivity contribution in [2.24, 2.45) is 0 Å². The van der Waals surface area contributed by atoms with Crippen molar-refractivity contribution in [3.8, 4) is 0 Å². The van der Waals surface area contributed by atoms with Crippen LogP contribution in [-0.2, 0) is 14.3 Å². The quantitative estimate of drug-likeness (QED) is 0.613. The molecule has 1 saturated heterocycles. The van der Waals surface area contributed by atoms with Gasteiger partial charge < -0.3 is 4.74 Å². The number of hydrogen-bond acceptors (Lipinski definition) is 6. The summed E-state index contributed by atoms with van der Waals surface area (Å²) in [5.41, 5.74) is 0.766. The Morgan fingerprint density at radius 1 is 1.41 bits per heavy atom. The summed E-state index contributed by atoms with van der Waals surface area (Å²) in [5.74, 6) is -1.06. The number of carbonyl (C=O) groups excluding carboxylic acids is 3. The molecule has 0 saturated carbocycles. The van der Waals surface area contributed by atoms with E-state index in [2.05, 4.69) is 4.98 Å². The normalized spacial score (nSPS) is 17.9. The minimum absolute atomic E-state index is 0.236. The van der Waals surface area contributed by atoms with Crippen LogP contribution in [0.3, 0.4) is 0 Å². The number of imide groups is 1. The van der Waals surface area contributed by atoms with Crippen LogP contribution in [-0.4, -0.2) is 39.6 Å². The summed E-state index contributed by atoms with van der Waals surface area (Å²) < 4.78 is 5.09. The maximum atomic E-state index is 12.2. The Morgan fingerprint density at radius 2 is 2.09 bits per heavy atom. The van der Waals surface area contributed by atoms with Crippen LogP contribution in [0.4, 0.5) is 4.79 Å². The molecule has 1 aliphatic heterocycles. The van der Waals surface area contributed by atoms with Gasteiger partial charge in [0, 0.05) is 12.4 Å². The Kier molecular flexibility index (Phi) is 5.32. The van der Waals surface area contributed by atoms with Crippen LogP contribution in [0.15, 0.2) is 29.4 Å². The average molecular weight is 320 g/mol. The second-order valence-electron chi connectivity index (χ2n) is 4.76. The van der Waals surface area contributed by atoms with Crippen LogP contribution in [0, 0.1) is 0 Å². The molecular formula is C15H16N2O4S. The maximum absolute atomic E-state index is 12.2. The molecule has 2 rings (SSSR count). The van der Waals surface area contributed by atoms with Crippen LogP contribution in [0.5, 0.6) is 0 Å². The third-order valence-corrected chi connectivity index (χ3v) is 3.98. The van der Waals surface area contributed by atoms with Crippen molar-refractivity contribution < 1.29 is 19.1 Å². The molecule has 0 aromatic carbocycles. The predicted molar refractivity (Wildman–Crippen MR) is 82.8 cm³/mol. The topological polar surface area (TPSA) is 76.6 Å². The minimum atomic E-state index is -0.582. The number of pyridine rings is 1. The molecule has 7 heteroatoms. The molecule has 0 radical (unpaired) electrons. The Bertz CT molecular complexity index is 615. The molecule has 1 atom stereocenters. The molecule has 0 spiro atoms. The van der Waals surface area contributed by atoms with Gasteiger partial charge in [-0.3, -0.25) is 24.3 Å². The lowest BCUT2D eigenvalue weighted by atomic mass is 10.2. The highest BCUT2D eigenvalue weighted by molar-refractivity contribution is 8.18. The van der Waals surface area contributed by atoms with E-state index < -0.39 is 17.1 Å². The summed E-state index contributed by atoms with van der Waals surface area (Å²) in [7, 11) is 0. The van der Waals surface area contributed by atoms with Gasteiger partial charge >= 0.3 is 5.97 Å². The van der Waals surface area contributed by atoms with Gasteiger partial charge in [-0.05, 0) is 48.9 Å². The number of hydrogen-bond donors (Lipinski definition) is 0. The van der Waals surface area contributed by atoms with Crippen molar-refractivity contribution in [1.82, 2.24) is 9.88 Å². The molecule has 0 aliphatic carbocycles. The zero-order chi connectivity index (χ0) is 16.1. The highest BCUT2D eigenvalue weighted by Crippen LogP contribution is 2.31. The first kappa shape index (κ1) is 16.2. The number of rotatable bonds is 5. The van der Waals surface area contributed by atoms with Gasteiger partial charge in [-0.1, -0.05) is 6.92 Å². The van der Waals surface area contributed by atoms with Gasteiger partial charge in [-0.2, -0.15) is 0 Å². The van der Waals surface area contributed by atoms with Crippen LogP contribution < -0.4 is 0 Å². The number of amides is 2. The zero-order valence-corrected chi connectivity index (χ0v) is 13.1. The Morgan fingerprint density at radius 3 is 2.73 bits per heavy atom. The highest BCUT2D eigenvalue weighted by Gasteiger charge is 2.36. The molecule has 6 nitrogen and oxygen atoms in total. The molecule has 1 aromatic heterocycles. The number of thioether (sulfide) groups is 1. The first-order chi connectivity index (χ1) is 10.5. The second kappa shape index (κ2) is 7.22. The number of carbonyl (C=O) groups is 3. The fraction of sp³-hybridized carbons (Fsp3) is 0.333. The van der Waals surface area contributed by atoms with E-state index in [0.717, 1.165) is 22.2 Å². The third kappa shape index (κ3) is 3.94. The molecule has 0 bridgehead atoms. The van der Waals surface area contributed by atoms with Gasteiger partial charge in [0.25, 0.3) is 11.1 Å². The first-order valence-corrected chi connectivity index (χ1v) is 7.67. The van der Waals surface area contributed by atoms with E-state index in [0.29, 0.717) is 6.42 Å². The molecule has 1 aromatic rings. The fourth-order valence-corrected chi connectivity index (χ4v) is 2.56. The number of aromatic nitrogens is 1. The molecule has 116 valence electrons. The number of ether oxygens (including phenoxy) is 1. The largest absolute Gasteiger partial charge is 0.461 e. The summed E-state index contributed by atoms with van der Waals surface area (Å²) in [5, 5.41) is -0.466. The minimum Gasteiger partial charge on any atom is -0.461 e. The van der Waals surface area contributed by atoms with Crippen molar-refractivity contribution in [3.05, 3.63) is 35.0 Å². The summed E-state index contributed by atoms with van der Waals surface area (Å²) in [6, 6.07) is 3.45. The lowest BCUT2D eigenvalue weighted by molar-refractivity contribution is -0.150. The number of esters is 1. The lowest BCUT2D eigenvalue weighted by Gasteiger charge is -2.14. The molecule has 0 N–H and O–H groups in total. The third-order valence-electron chi connectivity index (χ3n) is 3.07. The Balaban J connectivity index is 2.06. The summed E-state index contributed by atoms with van der Waals surface area (Å²) in [6.07, 6.45) is 5.24. The fourth-order valence-electron chi connectivity index (χ4n) is 1.72. The Hall–Kier alpha value is -2.15. The van der Waals surface area contributed by atoms with Crippen LogP contribution in [0.1, 0.15) is 25.8 Å². The highest BCUT2D eigenvalue weighted by atomic mass is 32.2. The van der Waals surface area contributed by atoms with E-state index in [1.54, 1.807) is 37.5 Å². The van der Waals surface area contributed by atoms with Crippen molar-refractivity contribution in [1.29, 1.82) is 0 Å². The molecule has 2 amide bonds. The van der Waals surface area contributed by atoms with Crippen molar-refractivity contribution in [2.45, 2.75) is 26.4 Å². The van der Waals surface area contributed by atoms with Gasteiger partial charge in [0.05, 0.1) is 11.0 Å². The predicted octanol–water partition coefficient (Wildman–Crippen LogP) is 2.46. The smallest absolute Gasteiger partial charge is 0.326 e. The van der Waals surface area contributed by atoms with Crippen molar-refractivity contribution in [3.63, 3.8) is 0 Å². The van der Waals surface area contributed by atoms with E-state index in [9.17, 15) is 14.4 Å². The maximum Gasteiger partial charge on any atom is 0.326 e. The Labute approximate surface area is 132 Å². The summed E-state index contributed by atoms with van der Waals surface area (Å²) in [4.78, 5) is 40.9. The summed E-state index contributed by atoms with van der Waals surface area (Å²) >= 11 is 0.814. The van der Waals surface area contributed by atoms with Crippen molar-refractivity contribution >= 4 is 35.0 Å². The van der Waals surface area contributed by atoms with Gasteiger partial charge in [0.15, 0.2) is 0 Å². The second-order valence-corrected chi connectivity index (χ2v) is 5.75. The van der Waals surface area contributed by atoms with E-state index >= 15 is 0 Å². The van der Waals surface area contributed by atoms with Gasteiger partial charge in [0.2, 0.25) is 0 Å². The van der Waals surface area contributed by atoms with E-state index in [1.165, 1.54) is 0 Å². The standard InChI is InChI=1S/C15H16N2O4S/c1-3-10(2)21-13(18)9-17-14(19)12(22-15(17)20)8-11-4-6-16-7-5-11/h4-8,10H,3,9H2,1-2H3/b12-8+/t10-/m1/s1.